The summed E-state index contributed by atoms with van der Waals surface area (Å²) in [6.45, 7) is 2.07. The number of aromatic nitrogens is 3. The van der Waals surface area contributed by atoms with Crippen LogP contribution in [-0.4, -0.2) is 20.0 Å². The van der Waals surface area contributed by atoms with Crippen LogP contribution in [0.5, 0.6) is 0 Å². The summed E-state index contributed by atoms with van der Waals surface area (Å²) in [5.41, 5.74) is 0. The highest BCUT2D eigenvalue weighted by Gasteiger charge is 2.10. The third kappa shape index (κ3) is 2.74. The molecule has 0 radical (unpaired) electrons. The second-order valence-corrected chi connectivity index (χ2v) is 3.94. The number of nitriles is 1. The molecule has 0 N–H and O–H groups in total. The summed E-state index contributed by atoms with van der Waals surface area (Å²) >= 11 is 1.61. The molecule has 1 rings (SSSR count). The number of rotatable bonds is 4. The van der Waals surface area contributed by atoms with Crippen molar-refractivity contribution in [2.45, 2.75) is 30.2 Å². The van der Waals surface area contributed by atoms with Gasteiger partial charge in [0, 0.05) is 18.7 Å². The lowest BCUT2D eigenvalue weighted by atomic mass is 10.3. The fourth-order valence-electron chi connectivity index (χ4n) is 0.913. The molecule has 70 valence electrons. The van der Waals surface area contributed by atoms with E-state index in [-0.39, 0.29) is 0 Å². The van der Waals surface area contributed by atoms with Crippen molar-refractivity contribution in [2.75, 3.05) is 0 Å². The molecule has 0 spiro atoms. The average molecular weight is 196 g/mol. The van der Waals surface area contributed by atoms with Gasteiger partial charge in [-0.2, -0.15) is 10.4 Å². The molecular weight excluding hydrogens is 184 g/mol. The molecule has 0 aliphatic heterocycles. The second-order valence-electron chi connectivity index (χ2n) is 2.68. The van der Waals surface area contributed by atoms with Crippen molar-refractivity contribution in [1.82, 2.24) is 14.8 Å². The predicted molar refractivity (Wildman–Crippen MR) is 51.2 cm³/mol. The highest BCUT2D eigenvalue weighted by molar-refractivity contribution is 7.99. The first-order chi connectivity index (χ1) is 6.27. The largest absolute Gasteiger partial charge is 0.244 e. The van der Waals surface area contributed by atoms with E-state index in [2.05, 4.69) is 23.1 Å². The zero-order valence-electron chi connectivity index (χ0n) is 7.77. The minimum atomic E-state index is 0.327. The quantitative estimate of drug-likeness (QED) is 0.686. The summed E-state index contributed by atoms with van der Waals surface area (Å²) in [7, 11) is 1.86. The fourth-order valence-corrected chi connectivity index (χ4v) is 1.84. The Morgan fingerprint density at radius 1 is 1.77 bits per heavy atom. The number of nitrogens with zero attached hydrogens (tertiary/aromatic N) is 4. The minimum Gasteiger partial charge on any atom is -0.244 e. The molecule has 1 unspecified atom stereocenters. The zero-order chi connectivity index (χ0) is 9.68. The number of aryl methyl sites for hydroxylation is 1. The molecular formula is C8H12N4S. The summed E-state index contributed by atoms with van der Waals surface area (Å²) in [5, 5.41) is 13.7. The lowest BCUT2D eigenvalue weighted by Crippen LogP contribution is -2.02. The predicted octanol–water partition coefficient (Wildman–Crippen LogP) is 1.60. The molecule has 0 saturated carbocycles. The smallest absolute Gasteiger partial charge is 0.186 e. The molecule has 1 atom stereocenters. The van der Waals surface area contributed by atoms with Crippen molar-refractivity contribution in [1.29, 1.82) is 5.26 Å². The van der Waals surface area contributed by atoms with Crippen LogP contribution in [0.1, 0.15) is 19.8 Å². The number of hydrogen-bond donors (Lipinski definition) is 0. The van der Waals surface area contributed by atoms with Crippen molar-refractivity contribution in [3.63, 3.8) is 0 Å². The molecule has 1 heterocycles. The van der Waals surface area contributed by atoms with E-state index in [4.69, 9.17) is 5.26 Å². The highest BCUT2D eigenvalue weighted by Crippen LogP contribution is 2.24. The van der Waals surface area contributed by atoms with Crippen LogP contribution in [0.3, 0.4) is 0 Å². The van der Waals surface area contributed by atoms with E-state index in [1.165, 1.54) is 6.33 Å². The van der Waals surface area contributed by atoms with Gasteiger partial charge in [-0.15, -0.1) is 0 Å². The molecule has 0 bridgehead atoms. The van der Waals surface area contributed by atoms with E-state index in [1.807, 2.05) is 7.05 Å². The van der Waals surface area contributed by atoms with Crippen LogP contribution in [0, 0.1) is 11.3 Å². The van der Waals surface area contributed by atoms with Crippen LogP contribution in [0.15, 0.2) is 11.5 Å². The van der Waals surface area contributed by atoms with E-state index in [9.17, 15) is 0 Å². The van der Waals surface area contributed by atoms with E-state index in [0.29, 0.717) is 11.7 Å². The van der Waals surface area contributed by atoms with E-state index < -0.39 is 0 Å². The van der Waals surface area contributed by atoms with Crippen LogP contribution in [0.2, 0.25) is 0 Å². The molecule has 0 saturated heterocycles. The Balaban J connectivity index is 2.57. The van der Waals surface area contributed by atoms with Gasteiger partial charge in [-0.05, 0) is 6.42 Å². The maximum atomic E-state index is 8.56. The summed E-state index contributed by atoms with van der Waals surface area (Å²) in [4.78, 5) is 4.09. The van der Waals surface area contributed by atoms with Gasteiger partial charge in [-0.1, -0.05) is 18.7 Å². The first-order valence-electron chi connectivity index (χ1n) is 4.15. The maximum Gasteiger partial charge on any atom is 0.186 e. The minimum absolute atomic E-state index is 0.327. The van der Waals surface area contributed by atoms with Gasteiger partial charge >= 0.3 is 0 Å². The monoisotopic (exact) mass is 196 g/mol. The topological polar surface area (TPSA) is 54.5 Å². The summed E-state index contributed by atoms with van der Waals surface area (Å²) in [5.74, 6) is 0. The summed E-state index contributed by atoms with van der Waals surface area (Å²) in [6.07, 6.45) is 3.07. The molecule has 5 heteroatoms. The Hall–Kier alpha value is -1.02. The molecule has 0 amide bonds. The lowest BCUT2D eigenvalue weighted by Gasteiger charge is -2.08. The first-order valence-corrected chi connectivity index (χ1v) is 5.03. The van der Waals surface area contributed by atoms with Gasteiger partial charge in [0.25, 0.3) is 0 Å². The molecule has 13 heavy (non-hydrogen) atoms. The molecule has 0 aliphatic rings. The normalized spacial score (nSPS) is 12.4. The maximum absolute atomic E-state index is 8.56. The van der Waals surface area contributed by atoms with Gasteiger partial charge in [0.1, 0.15) is 6.33 Å². The average Bonchev–Trinajstić information content (AvgIpc) is 2.51. The van der Waals surface area contributed by atoms with Crippen molar-refractivity contribution >= 4 is 11.8 Å². The van der Waals surface area contributed by atoms with Crippen molar-refractivity contribution < 1.29 is 0 Å². The zero-order valence-corrected chi connectivity index (χ0v) is 8.58. The SMILES string of the molecule is CCC(CC#N)Sc1ncnn1C. The first kappa shape index (κ1) is 10.1. The van der Waals surface area contributed by atoms with Crippen molar-refractivity contribution in [3.05, 3.63) is 6.33 Å². The summed E-state index contributed by atoms with van der Waals surface area (Å²) < 4.78 is 1.73. The van der Waals surface area contributed by atoms with Gasteiger partial charge in [-0.25, -0.2) is 9.67 Å². The van der Waals surface area contributed by atoms with Gasteiger partial charge in [0.15, 0.2) is 5.16 Å². The Kier molecular flexibility index (Phi) is 3.77. The van der Waals surface area contributed by atoms with Crippen LogP contribution < -0.4 is 0 Å². The van der Waals surface area contributed by atoms with Gasteiger partial charge in [0.05, 0.1) is 6.07 Å². The Morgan fingerprint density at radius 3 is 3.00 bits per heavy atom. The fraction of sp³-hybridized carbons (Fsp3) is 0.625. The van der Waals surface area contributed by atoms with Crippen LogP contribution in [0.25, 0.3) is 0 Å². The Labute approximate surface area is 82.0 Å². The highest BCUT2D eigenvalue weighted by atomic mass is 32.2. The lowest BCUT2D eigenvalue weighted by molar-refractivity contribution is 0.680. The molecule has 1 aromatic heterocycles. The van der Waals surface area contributed by atoms with E-state index >= 15 is 0 Å². The molecule has 0 aromatic carbocycles. The van der Waals surface area contributed by atoms with Gasteiger partial charge < -0.3 is 0 Å². The summed E-state index contributed by atoms with van der Waals surface area (Å²) in [6, 6.07) is 2.17. The van der Waals surface area contributed by atoms with Crippen molar-refractivity contribution in [3.8, 4) is 6.07 Å². The molecule has 0 fully saturated rings. The Bertz CT molecular complexity index is 301. The van der Waals surface area contributed by atoms with E-state index in [1.54, 1.807) is 16.4 Å². The standard InChI is InChI=1S/C8H12N4S/c1-3-7(4-5-9)13-8-10-6-11-12(8)2/h6-7H,3-4H2,1-2H3. The van der Waals surface area contributed by atoms with Crippen LogP contribution in [0.4, 0.5) is 0 Å². The molecule has 0 aliphatic carbocycles. The second kappa shape index (κ2) is 4.87. The van der Waals surface area contributed by atoms with Crippen LogP contribution >= 0.6 is 11.8 Å². The molecule has 4 nitrogen and oxygen atoms in total. The van der Waals surface area contributed by atoms with Gasteiger partial charge in [-0.3, -0.25) is 0 Å². The molecule has 1 aromatic rings. The third-order valence-corrected chi connectivity index (χ3v) is 3.13. The van der Waals surface area contributed by atoms with Crippen molar-refractivity contribution in [2.24, 2.45) is 7.05 Å². The Morgan fingerprint density at radius 2 is 2.54 bits per heavy atom. The van der Waals surface area contributed by atoms with Gasteiger partial charge in [0.2, 0.25) is 0 Å². The van der Waals surface area contributed by atoms with Crippen LogP contribution in [-0.2, 0) is 7.05 Å². The van der Waals surface area contributed by atoms with E-state index in [0.717, 1.165) is 11.6 Å². The number of hydrogen-bond acceptors (Lipinski definition) is 4. The third-order valence-electron chi connectivity index (χ3n) is 1.72. The number of thioether (sulfide) groups is 1.